The Morgan fingerprint density at radius 1 is 1.21 bits per heavy atom. The number of aromatic nitrogens is 3. The molecule has 5 nitrogen and oxygen atoms in total. The molecule has 1 saturated carbocycles. The average Bonchev–Trinajstić information content (AvgIpc) is 3.23. The van der Waals surface area contributed by atoms with Crippen LogP contribution in [-0.4, -0.2) is 26.5 Å². The normalized spacial score (nSPS) is 15.0. The number of fused-ring (bicyclic) bond motifs is 1. The van der Waals surface area contributed by atoms with Gasteiger partial charge in [0, 0.05) is 30.4 Å². The third kappa shape index (κ3) is 2.66. The molecule has 0 radical (unpaired) electrons. The summed E-state index contributed by atoms with van der Waals surface area (Å²) in [5.74, 6) is 0.819. The summed E-state index contributed by atoms with van der Waals surface area (Å²) in [6, 6.07) is 11.8. The molecule has 0 saturated heterocycles. The highest BCUT2D eigenvalue weighted by Gasteiger charge is 2.18. The summed E-state index contributed by atoms with van der Waals surface area (Å²) in [7, 11) is 1.95. The first-order chi connectivity index (χ1) is 11.7. The summed E-state index contributed by atoms with van der Waals surface area (Å²) < 4.78 is 1.96. The summed E-state index contributed by atoms with van der Waals surface area (Å²) >= 11 is 0. The highest BCUT2D eigenvalue weighted by molar-refractivity contribution is 5.95. The lowest BCUT2D eigenvalue weighted by Crippen LogP contribution is -2.32. The van der Waals surface area contributed by atoms with Crippen molar-refractivity contribution < 1.29 is 4.79 Å². The fourth-order valence-electron chi connectivity index (χ4n) is 3.42. The molecule has 0 spiro atoms. The van der Waals surface area contributed by atoms with Gasteiger partial charge < -0.3 is 9.88 Å². The summed E-state index contributed by atoms with van der Waals surface area (Å²) in [6.07, 6.45) is 6.35. The van der Waals surface area contributed by atoms with Gasteiger partial charge in [-0.3, -0.25) is 4.79 Å². The summed E-state index contributed by atoms with van der Waals surface area (Å²) in [5, 5.41) is 3.14. The van der Waals surface area contributed by atoms with Crippen LogP contribution in [0.2, 0.25) is 0 Å². The molecule has 2 aromatic heterocycles. The molecule has 1 aromatic carbocycles. The molecule has 24 heavy (non-hydrogen) atoms. The van der Waals surface area contributed by atoms with E-state index >= 15 is 0 Å². The number of carbonyl (C=O) groups is 1. The maximum absolute atomic E-state index is 12.5. The Morgan fingerprint density at radius 2 is 2.04 bits per heavy atom. The van der Waals surface area contributed by atoms with Crippen molar-refractivity contribution in [3.8, 4) is 11.4 Å². The van der Waals surface area contributed by atoms with Crippen LogP contribution in [0.1, 0.15) is 36.0 Å². The van der Waals surface area contributed by atoms with Crippen LogP contribution in [0.3, 0.4) is 0 Å². The summed E-state index contributed by atoms with van der Waals surface area (Å²) in [4.78, 5) is 21.5. The van der Waals surface area contributed by atoms with E-state index in [1.165, 1.54) is 12.8 Å². The molecule has 1 aliphatic carbocycles. The zero-order valence-electron chi connectivity index (χ0n) is 13.7. The van der Waals surface area contributed by atoms with Crippen LogP contribution in [0, 0.1) is 0 Å². The molecule has 0 unspecified atom stereocenters. The zero-order valence-corrected chi connectivity index (χ0v) is 13.7. The summed E-state index contributed by atoms with van der Waals surface area (Å²) in [5.41, 5.74) is 3.30. The van der Waals surface area contributed by atoms with Gasteiger partial charge in [-0.15, -0.1) is 0 Å². The number of carbonyl (C=O) groups excluding carboxylic acids is 1. The molecule has 1 aliphatic rings. The van der Waals surface area contributed by atoms with Gasteiger partial charge in [-0.1, -0.05) is 25.0 Å². The van der Waals surface area contributed by atoms with E-state index in [1.54, 1.807) is 6.20 Å². The van der Waals surface area contributed by atoms with Gasteiger partial charge in [0.15, 0.2) is 5.65 Å². The topological polar surface area (TPSA) is 59.8 Å². The van der Waals surface area contributed by atoms with Crippen molar-refractivity contribution in [2.24, 2.45) is 7.05 Å². The Balaban J connectivity index is 1.66. The number of benzene rings is 1. The molecule has 5 heteroatoms. The van der Waals surface area contributed by atoms with Crippen molar-refractivity contribution in [1.29, 1.82) is 0 Å². The summed E-state index contributed by atoms with van der Waals surface area (Å²) in [6.45, 7) is 0. The lowest BCUT2D eigenvalue weighted by Gasteiger charge is -2.12. The number of aryl methyl sites for hydroxylation is 1. The number of amides is 1. The van der Waals surface area contributed by atoms with E-state index in [0.717, 1.165) is 35.4 Å². The second kappa shape index (κ2) is 6.07. The van der Waals surface area contributed by atoms with Crippen LogP contribution in [0.4, 0.5) is 0 Å². The third-order valence-corrected chi connectivity index (χ3v) is 4.70. The highest BCUT2D eigenvalue weighted by atomic mass is 16.1. The Kier molecular flexibility index (Phi) is 3.76. The first kappa shape index (κ1) is 14.9. The van der Waals surface area contributed by atoms with Crippen LogP contribution in [0.5, 0.6) is 0 Å². The van der Waals surface area contributed by atoms with Crippen LogP contribution in [0.15, 0.2) is 42.6 Å². The molecule has 1 N–H and O–H groups in total. The molecule has 122 valence electrons. The molecule has 1 fully saturated rings. The Labute approximate surface area is 140 Å². The molecule has 3 aromatic rings. The van der Waals surface area contributed by atoms with E-state index in [1.807, 2.05) is 48.0 Å². The van der Waals surface area contributed by atoms with Crippen molar-refractivity contribution >= 4 is 17.1 Å². The van der Waals surface area contributed by atoms with Crippen molar-refractivity contribution in [1.82, 2.24) is 19.9 Å². The maximum atomic E-state index is 12.5. The van der Waals surface area contributed by atoms with E-state index in [0.29, 0.717) is 11.6 Å². The monoisotopic (exact) mass is 320 g/mol. The molecule has 0 aliphatic heterocycles. The largest absolute Gasteiger partial charge is 0.349 e. The SMILES string of the molecule is Cn1c(-c2cccc(C(=O)NC3CCCC3)c2)nc2cccnc21. The van der Waals surface area contributed by atoms with Crippen molar-refractivity contribution in [2.45, 2.75) is 31.7 Å². The van der Waals surface area contributed by atoms with Crippen LogP contribution in [-0.2, 0) is 7.05 Å². The van der Waals surface area contributed by atoms with Crippen molar-refractivity contribution in [3.63, 3.8) is 0 Å². The highest BCUT2D eigenvalue weighted by Crippen LogP contribution is 2.24. The number of rotatable bonds is 3. The van der Waals surface area contributed by atoms with Crippen LogP contribution < -0.4 is 5.32 Å². The predicted octanol–water partition coefficient (Wildman–Crippen LogP) is 3.31. The van der Waals surface area contributed by atoms with Crippen LogP contribution >= 0.6 is 0 Å². The maximum Gasteiger partial charge on any atom is 0.251 e. The fraction of sp³-hybridized carbons (Fsp3) is 0.316. The number of hydrogen-bond acceptors (Lipinski definition) is 3. The van der Waals surface area contributed by atoms with Gasteiger partial charge in [0.25, 0.3) is 5.91 Å². The molecule has 2 heterocycles. The minimum absolute atomic E-state index is 0.000592. The lowest BCUT2D eigenvalue weighted by atomic mass is 10.1. The number of pyridine rings is 1. The fourth-order valence-corrected chi connectivity index (χ4v) is 3.42. The first-order valence-electron chi connectivity index (χ1n) is 8.41. The van der Waals surface area contributed by atoms with Gasteiger partial charge in [0.05, 0.1) is 0 Å². The first-order valence-corrected chi connectivity index (χ1v) is 8.41. The standard InChI is InChI=1S/C19H20N4O/c1-23-17(22-16-10-5-11-20-18(16)23)13-6-4-7-14(12-13)19(24)21-15-8-2-3-9-15/h4-7,10-12,15H,2-3,8-9H2,1H3,(H,21,24). The Hall–Kier alpha value is -2.69. The van der Waals surface area contributed by atoms with Gasteiger partial charge in [-0.05, 0) is 37.1 Å². The molecule has 0 bridgehead atoms. The van der Waals surface area contributed by atoms with Crippen molar-refractivity contribution in [3.05, 3.63) is 48.2 Å². The van der Waals surface area contributed by atoms with Gasteiger partial charge in [0.1, 0.15) is 11.3 Å². The quantitative estimate of drug-likeness (QED) is 0.805. The second-order valence-electron chi connectivity index (χ2n) is 6.38. The molecular weight excluding hydrogens is 300 g/mol. The molecule has 1 amide bonds. The number of imidazole rings is 1. The molecule has 4 rings (SSSR count). The van der Waals surface area contributed by atoms with E-state index < -0.39 is 0 Å². The second-order valence-corrected chi connectivity index (χ2v) is 6.38. The van der Waals surface area contributed by atoms with Gasteiger partial charge >= 0.3 is 0 Å². The smallest absolute Gasteiger partial charge is 0.251 e. The van der Waals surface area contributed by atoms with Gasteiger partial charge in [-0.2, -0.15) is 0 Å². The van der Waals surface area contributed by atoms with Gasteiger partial charge in [-0.25, -0.2) is 9.97 Å². The number of nitrogens with one attached hydrogen (secondary N) is 1. The predicted molar refractivity (Wildman–Crippen MR) is 93.7 cm³/mol. The Morgan fingerprint density at radius 3 is 2.83 bits per heavy atom. The minimum Gasteiger partial charge on any atom is -0.349 e. The number of hydrogen-bond donors (Lipinski definition) is 1. The van der Waals surface area contributed by atoms with E-state index in [-0.39, 0.29) is 5.91 Å². The minimum atomic E-state index is 0.000592. The zero-order chi connectivity index (χ0) is 16.5. The van der Waals surface area contributed by atoms with Crippen LogP contribution in [0.25, 0.3) is 22.6 Å². The average molecular weight is 320 g/mol. The van der Waals surface area contributed by atoms with Crippen molar-refractivity contribution in [2.75, 3.05) is 0 Å². The lowest BCUT2D eigenvalue weighted by molar-refractivity contribution is 0.0938. The number of nitrogens with zero attached hydrogens (tertiary/aromatic N) is 3. The third-order valence-electron chi connectivity index (χ3n) is 4.70. The molecule has 0 atom stereocenters. The Bertz CT molecular complexity index is 893. The van der Waals surface area contributed by atoms with E-state index in [4.69, 9.17) is 0 Å². The van der Waals surface area contributed by atoms with E-state index in [2.05, 4.69) is 15.3 Å². The molecular formula is C19H20N4O. The van der Waals surface area contributed by atoms with E-state index in [9.17, 15) is 4.79 Å². The van der Waals surface area contributed by atoms with Gasteiger partial charge in [0.2, 0.25) is 0 Å².